The Morgan fingerprint density at radius 2 is 1.00 bits per heavy atom. The molecule has 0 aromatic carbocycles. The van der Waals surface area contributed by atoms with E-state index in [2.05, 4.69) is 6.92 Å². The first-order valence-corrected chi connectivity index (χ1v) is 2.88. The van der Waals surface area contributed by atoms with Crippen molar-refractivity contribution in [3.63, 3.8) is 0 Å². The fourth-order valence-electron chi connectivity index (χ4n) is 0.354. The Bertz CT molecular complexity index is 134. The Kier molecular flexibility index (Phi) is 206. The van der Waals surface area contributed by atoms with Gasteiger partial charge in [-0.05, 0) is 0 Å². The van der Waals surface area contributed by atoms with E-state index < -0.39 is 0 Å². The minimum absolute atomic E-state index is 0. The Hall–Kier alpha value is -1.28. The van der Waals surface area contributed by atoms with E-state index in [0.717, 1.165) is 31.3 Å². The Balaban J connectivity index is -0.0000000105. The average Bonchev–Trinajstić information content (AvgIpc) is 1.87. The fraction of sp³-hybridized carbons (Fsp3) is 0.833. The van der Waals surface area contributed by atoms with Crippen LogP contribution in [0.5, 0.6) is 0 Å². The highest BCUT2D eigenvalue weighted by molar-refractivity contribution is 5.26. The van der Waals surface area contributed by atoms with Crippen LogP contribution in [-0.4, -0.2) is 25.4 Å². The van der Waals surface area contributed by atoms with Gasteiger partial charge in [-0.1, -0.05) is 51.5 Å². The molecular formula is C12H34N2O3. The van der Waals surface area contributed by atoms with Crippen molar-refractivity contribution in [3.8, 4) is 0 Å². The summed E-state index contributed by atoms with van der Waals surface area (Å²) in [6, 6.07) is 0. The second kappa shape index (κ2) is 61.4. The van der Waals surface area contributed by atoms with Crippen LogP contribution >= 0.6 is 0 Å². The maximum Gasteiger partial charge on any atom is 0.231 e. The van der Waals surface area contributed by atoms with Crippen molar-refractivity contribution in [2.75, 3.05) is 13.2 Å². The summed E-state index contributed by atoms with van der Waals surface area (Å²) in [4.78, 5) is 16.7. The van der Waals surface area contributed by atoms with Gasteiger partial charge in [-0.15, -0.1) is 0 Å². The van der Waals surface area contributed by atoms with E-state index >= 15 is 0 Å². The molecule has 17 heavy (non-hydrogen) atoms. The molecule has 0 radical (unpaired) electrons. The lowest BCUT2D eigenvalue weighted by atomic mass is 10.2. The molecule has 1 aliphatic heterocycles. The fourth-order valence-corrected chi connectivity index (χ4v) is 0.354. The summed E-state index contributed by atoms with van der Waals surface area (Å²) in [5.74, 6) is 0.843. The van der Waals surface area contributed by atoms with Gasteiger partial charge in [0.05, 0.1) is 13.2 Å². The van der Waals surface area contributed by atoms with Crippen LogP contribution in [0.3, 0.4) is 0 Å². The zero-order valence-electron chi connectivity index (χ0n) is 6.22. The van der Waals surface area contributed by atoms with Gasteiger partial charge in [0.15, 0.2) is 0 Å². The first-order chi connectivity index (χ1) is 5.22. The maximum absolute atomic E-state index is 8.35. The summed E-state index contributed by atoms with van der Waals surface area (Å²) in [5, 5.41) is 10.8. The number of isocyanates is 2. The second-order valence-electron chi connectivity index (χ2n) is 1.85. The molecule has 0 aliphatic carbocycles. The molecule has 2 N–H and O–H groups in total. The molecule has 5 nitrogen and oxygen atoms in total. The zero-order chi connectivity index (χ0) is 9.11. The summed E-state index contributed by atoms with van der Waals surface area (Å²) in [6.45, 7) is 4.16. The first kappa shape index (κ1) is 57.2. The van der Waals surface area contributed by atoms with Crippen molar-refractivity contribution >= 4 is 12.2 Å². The summed E-state index contributed by atoms with van der Waals surface area (Å²) in [6.07, 6.45) is 1.50. The highest BCUT2D eigenvalue weighted by atomic mass is 16.5. The summed E-state index contributed by atoms with van der Waals surface area (Å²) >= 11 is 0. The summed E-state index contributed by atoms with van der Waals surface area (Å²) < 4.78 is 4.83. The van der Waals surface area contributed by atoms with Crippen molar-refractivity contribution in [1.29, 1.82) is 10.8 Å². The van der Waals surface area contributed by atoms with Crippen LogP contribution < -0.4 is 0 Å². The molecule has 0 unspecified atom stereocenters. The normalized spacial score (nSPS) is 8.53. The minimum Gasteiger partial charge on any atom is -0.381 e. The van der Waals surface area contributed by atoms with Crippen molar-refractivity contribution in [2.45, 2.75) is 51.5 Å². The smallest absolute Gasteiger partial charge is 0.231 e. The standard InChI is InChI=1S/C4H8O.2CHNO.6CH4/c1-4-2-5-3-4;2*2-1-3;;;;;;/h4H,2-3H2,1H3;2*2H;6*1H4. The molecule has 110 valence electrons. The van der Waals surface area contributed by atoms with Crippen LogP contribution in [0.15, 0.2) is 0 Å². The monoisotopic (exact) mass is 254 g/mol. The van der Waals surface area contributed by atoms with Crippen LogP contribution in [-0.2, 0) is 14.3 Å². The Labute approximate surface area is 109 Å². The second-order valence-corrected chi connectivity index (χ2v) is 1.85. The average molecular weight is 254 g/mol. The highest BCUT2D eigenvalue weighted by Gasteiger charge is 2.09. The van der Waals surface area contributed by atoms with Gasteiger partial charge in [-0.3, -0.25) is 0 Å². The van der Waals surface area contributed by atoms with Crippen LogP contribution in [0, 0.1) is 16.7 Å². The number of hydrogen-bond donors (Lipinski definition) is 2. The lowest BCUT2D eigenvalue weighted by Crippen LogP contribution is -2.23. The van der Waals surface area contributed by atoms with Crippen LogP contribution in [0.1, 0.15) is 51.5 Å². The third kappa shape index (κ3) is 107. The zero-order valence-corrected chi connectivity index (χ0v) is 6.22. The summed E-state index contributed by atoms with van der Waals surface area (Å²) in [7, 11) is 0. The Morgan fingerprint density at radius 3 is 1.00 bits per heavy atom. The molecule has 5 heteroatoms. The topological polar surface area (TPSA) is 91.1 Å². The van der Waals surface area contributed by atoms with Gasteiger partial charge in [-0.2, -0.15) is 0 Å². The van der Waals surface area contributed by atoms with Crippen molar-refractivity contribution in [2.24, 2.45) is 5.92 Å². The molecule has 1 heterocycles. The van der Waals surface area contributed by atoms with Gasteiger partial charge in [0.1, 0.15) is 0 Å². The van der Waals surface area contributed by atoms with Gasteiger partial charge in [-0.25, -0.2) is 20.4 Å². The molecular weight excluding hydrogens is 220 g/mol. The SMILES string of the molecule is C.C.C.C.C.C.CC1COC1.N=C=O.N=C=O. The van der Waals surface area contributed by atoms with Gasteiger partial charge < -0.3 is 4.74 Å². The predicted octanol–water partition coefficient (Wildman–Crippen LogP) is 4.27. The molecule has 0 aromatic heterocycles. The molecule has 1 aliphatic rings. The van der Waals surface area contributed by atoms with Crippen LogP contribution in [0.4, 0.5) is 0 Å². The van der Waals surface area contributed by atoms with Crippen molar-refractivity contribution < 1.29 is 14.3 Å². The largest absolute Gasteiger partial charge is 0.381 e. The number of carbonyl (C=O) groups excluding carboxylic acids is 2. The molecule has 0 saturated carbocycles. The molecule has 0 spiro atoms. The third-order valence-electron chi connectivity index (χ3n) is 0.805. The molecule has 0 aromatic rings. The van der Waals surface area contributed by atoms with Gasteiger partial charge in [0, 0.05) is 5.92 Å². The van der Waals surface area contributed by atoms with E-state index in [4.69, 9.17) is 25.1 Å². The molecule has 1 fully saturated rings. The van der Waals surface area contributed by atoms with E-state index in [1.54, 1.807) is 0 Å². The van der Waals surface area contributed by atoms with E-state index in [1.165, 1.54) is 0 Å². The van der Waals surface area contributed by atoms with Crippen LogP contribution in [0.25, 0.3) is 0 Å². The minimum atomic E-state index is 0. The van der Waals surface area contributed by atoms with E-state index in [-0.39, 0.29) is 44.6 Å². The lowest BCUT2D eigenvalue weighted by Gasteiger charge is -2.20. The van der Waals surface area contributed by atoms with E-state index in [1.807, 2.05) is 0 Å². The molecule has 1 saturated heterocycles. The molecule has 0 bridgehead atoms. The number of rotatable bonds is 0. The molecule has 0 amide bonds. The lowest BCUT2D eigenvalue weighted by molar-refractivity contribution is -0.0221. The maximum atomic E-state index is 8.35. The third-order valence-corrected chi connectivity index (χ3v) is 0.805. The first-order valence-electron chi connectivity index (χ1n) is 2.88. The molecule has 1 rings (SSSR count). The van der Waals surface area contributed by atoms with Gasteiger partial charge in [0.25, 0.3) is 0 Å². The molecule has 0 atom stereocenters. The highest BCUT2D eigenvalue weighted by Crippen LogP contribution is 2.05. The van der Waals surface area contributed by atoms with Crippen LogP contribution in [0.2, 0.25) is 0 Å². The van der Waals surface area contributed by atoms with E-state index in [9.17, 15) is 0 Å². The predicted molar refractivity (Wildman–Crippen MR) is 77.2 cm³/mol. The number of nitrogens with one attached hydrogen (secondary N) is 2. The quantitative estimate of drug-likeness (QED) is 0.499. The number of hydrogen-bond acceptors (Lipinski definition) is 5. The van der Waals surface area contributed by atoms with Gasteiger partial charge >= 0.3 is 0 Å². The Morgan fingerprint density at radius 1 is 0.882 bits per heavy atom. The van der Waals surface area contributed by atoms with Crippen molar-refractivity contribution in [3.05, 3.63) is 0 Å². The number of ether oxygens (including phenoxy) is 1. The van der Waals surface area contributed by atoms with Gasteiger partial charge in [0.2, 0.25) is 12.2 Å². The van der Waals surface area contributed by atoms with E-state index in [0.29, 0.717) is 0 Å². The summed E-state index contributed by atoms with van der Waals surface area (Å²) in [5.41, 5.74) is 0. The van der Waals surface area contributed by atoms with Crippen molar-refractivity contribution in [1.82, 2.24) is 0 Å².